The molecule has 0 aliphatic carbocycles. The molecule has 10 nitrogen and oxygen atoms in total. The summed E-state index contributed by atoms with van der Waals surface area (Å²) < 4.78 is 37.5. The average molecular weight is 399 g/mol. The van der Waals surface area contributed by atoms with Crippen LogP contribution in [-0.4, -0.2) is 74.5 Å². The van der Waals surface area contributed by atoms with Crippen molar-refractivity contribution in [1.82, 2.24) is 9.21 Å². The first-order valence-corrected chi connectivity index (χ1v) is 10.0. The minimum absolute atomic E-state index is 0.145. The zero-order valence-corrected chi connectivity index (χ0v) is 15.7. The fraction of sp³-hybridized carbons (Fsp3) is 0.562. The lowest BCUT2D eigenvalue weighted by atomic mass is 10.2. The van der Waals surface area contributed by atoms with Gasteiger partial charge in [0.15, 0.2) is 4.90 Å². The number of amides is 1. The predicted molar refractivity (Wildman–Crippen MR) is 94.0 cm³/mol. The summed E-state index contributed by atoms with van der Waals surface area (Å²) in [6.45, 7) is 1.79. The Hall–Kier alpha value is -2.24. The van der Waals surface area contributed by atoms with E-state index in [0.717, 1.165) is 16.4 Å². The third-order valence-corrected chi connectivity index (χ3v) is 6.72. The van der Waals surface area contributed by atoms with Crippen molar-refractivity contribution in [3.63, 3.8) is 0 Å². The molecule has 1 aromatic carbocycles. The van der Waals surface area contributed by atoms with Crippen LogP contribution in [0.15, 0.2) is 23.1 Å². The Kier molecular flexibility index (Phi) is 5.63. The molecule has 0 aromatic heterocycles. The number of sulfonamides is 1. The van der Waals surface area contributed by atoms with Gasteiger partial charge in [0.25, 0.3) is 15.7 Å². The number of nitrogens with zero attached hydrogens (tertiary/aromatic N) is 3. The summed E-state index contributed by atoms with van der Waals surface area (Å²) >= 11 is 0. The summed E-state index contributed by atoms with van der Waals surface area (Å²) in [5, 5.41) is 11.4. The van der Waals surface area contributed by atoms with Gasteiger partial charge in [0.05, 0.1) is 31.3 Å². The van der Waals surface area contributed by atoms with Crippen LogP contribution in [0.25, 0.3) is 0 Å². The lowest BCUT2D eigenvalue weighted by molar-refractivity contribution is -0.387. The van der Waals surface area contributed by atoms with E-state index in [2.05, 4.69) is 0 Å². The van der Waals surface area contributed by atoms with Crippen LogP contribution in [0.3, 0.4) is 0 Å². The molecule has 1 amide bonds. The highest BCUT2D eigenvalue weighted by Gasteiger charge is 2.43. The second kappa shape index (κ2) is 7.79. The molecular weight excluding hydrogens is 378 g/mol. The predicted octanol–water partition coefficient (Wildman–Crippen LogP) is 0.615. The smallest absolute Gasteiger partial charge is 0.293 e. The third-order valence-electron chi connectivity index (χ3n) is 4.76. The molecule has 2 aliphatic rings. The van der Waals surface area contributed by atoms with E-state index in [1.165, 1.54) is 13.2 Å². The van der Waals surface area contributed by atoms with Crippen LogP contribution in [0.5, 0.6) is 5.75 Å². The molecule has 0 spiro atoms. The van der Waals surface area contributed by atoms with Gasteiger partial charge in [-0.05, 0) is 25.0 Å². The van der Waals surface area contributed by atoms with Crippen molar-refractivity contribution in [1.29, 1.82) is 0 Å². The molecule has 27 heavy (non-hydrogen) atoms. The molecule has 0 bridgehead atoms. The van der Waals surface area contributed by atoms with E-state index < -0.39 is 31.6 Å². The number of nitro groups is 1. The molecule has 2 heterocycles. The van der Waals surface area contributed by atoms with Crippen LogP contribution in [0.2, 0.25) is 0 Å². The van der Waals surface area contributed by atoms with Gasteiger partial charge in [0.1, 0.15) is 11.8 Å². The van der Waals surface area contributed by atoms with Crippen molar-refractivity contribution in [2.75, 3.05) is 40.0 Å². The summed E-state index contributed by atoms with van der Waals surface area (Å²) in [5.74, 6) is -0.0986. The van der Waals surface area contributed by atoms with Gasteiger partial charge in [-0.25, -0.2) is 8.42 Å². The van der Waals surface area contributed by atoms with Gasteiger partial charge in [-0.15, -0.1) is 0 Å². The SMILES string of the molecule is COc1ccc(S(=O)(=O)N2CCCC2C(=O)N2CCOCC2)c([N+](=O)[O-])c1. The van der Waals surface area contributed by atoms with Crippen LogP contribution in [-0.2, 0) is 19.6 Å². The fourth-order valence-corrected chi connectivity index (χ4v) is 5.17. The molecule has 0 radical (unpaired) electrons. The average Bonchev–Trinajstić information content (AvgIpc) is 3.18. The Labute approximate surface area is 156 Å². The third kappa shape index (κ3) is 3.75. The summed E-state index contributed by atoms with van der Waals surface area (Å²) in [5.41, 5.74) is -0.571. The standard InChI is InChI=1S/C16H21N3O7S/c1-25-12-4-5-15(14(11-12)19(21)22)27(23,24)18-6-2-3-13(18)16(20)17-7-9-26-10-8-17/h4-5,11,13H,2-3,6-10H2,1H3. The number of methoxy groups -OCH3 is 1. The van der Waals surface area contributed by atoms with Crippen LogP contribution in [0, 0.1) is 10.1 Å². The highest BCUT2D eigenvalue weighted by molar-refractivity contribution is 7.89. The number of hydrogen-bond donors (Lipinski definition) is 0. The molecule has 0 N–H and O–H groups in total. The van der Waals surface area contributed by atoms with Crippen molar-refractivity contribution in [2.45, 2.75) is 23.8 Å². The molecule has 2 fully saturated rings. The van der Waals surface area contributed by atoms with Gasteiger partial charge in [0, 0.05) is 19.6 Å². The van der Waals surface area contributed by atoms with Crippen LogP contribution in [0.1, 0.15) is 12.8 Å². The molecule has 3 rings (SSSR count). The molecule has 1 atom stereocenters. The van der Waals surface area contributed by atoms with Crippen molar-refractivity contribution in [3.05, 3.63) is 28.3 Å². The Balaban J connectivity index is 1.94. The van der Waals surface area contributed by atoms with Gasteiger partial charge in [-0.3, -0.25) is 14.9 Å². The first kappa shape index (κ1) is 19.5. The highest BCUT2D eigenvalue weighted by Crippen LogP contribution is 2.34. The largest absolute Gasteiger partial charge is 0.497 e. The van der Waals surface area contributed by atoms with Crippen LogP contribution in [0.4, 0.5) is 5.69 Å². The maximum absolute atomic E-state index is 13.1. The summed E-state index contributed by atoms with van der Waals surface area (Å²) in [6.07, 6.45) is 0.906. The molecule has 2 aliphatic heterocycles. The molecular formula is C16H21N3O7S. The number of carbonyl (C=O) groups excluding carboxylic acids is 1. The quantitative estimate of drug-likeness (QED) is 0.526. The fourth-order valence-electron chi connectivity index (χ4n) is 3.38. The molecule has 2 saturated heterocycles. The van der Waals surface area contributed by atoms with E-state index in [9.17, 15) is 23.3 Å². The second-order valence-electron chi connectivity index (χ2n) is 6.30. The number of morpholine rings is 1. The van der Waals surface area contributed by atoms with Crippen molar-refractivity contribution in [3.8, 4) is 5.75 Å². The second-order valence-corrected chi connectivity index (χ2v) is 8.16. The van der Waals surface area contributed by atoms with Gasteiger partial charge < -0.3 is 14.4 Å². The first-order chi connectivity index (χ1) is 12.9. The van der Waals surface area contributed by atoms with Crippen molar-refractivity contribution >= 4 is 21.6 Å². The van der Waals surface area contributed by atoms with E-state index in [0.29, 0.717) is 39.1 Å². The Morgan fingerprint density at radius 1 is 1.30 bits per heavy atom. The molecule has 1 unspecified atom stereocenters. The number of ether oxygens (including phenoxy) is 2. The maximum atomic E-state index is 13.1. The lowest BCUT2D eigenvalue weighted by Crippen LogP contribution is -2.51. The van der Waals surface area contributed by atoms with Gasteiger partial charge in [0.2, 0.25) is 5.91 Å². The lowest BCUT2D eigenvalue weighted by Gasteiger charge is -2.32. The zero-order valence-electron chi connectivity index (χ0n) is 14.9. The van der Waals surface area contributed by atoms with E-state index >= 15 is 0 Å². The monoisotopic (exact) mass is 399 g/mol. The summed E-state index contributed by atoms with van der Waals surface area (Å²) in [4.78, 5) is 24.6. The molecule has 148 valence electrons. The Morgan fingerprint density at radius 2 is 2.00 bits per heavy atom. The molecule has 1 aromatic rings. The van der Waals surface area contributed by atoms with E-state index in [1.807, 2.05) is 0 Å². The van der Waals surface area contributed by atoms with Crippen LogP contribution >= 0.6 is 0 Å². The number of hydrogen-bond acceptors (Lipinski definition) is 7. The summed E-state index contributed by atoms with van der Waals surface area (Å²) in [6, 6.07) is 2.73. The zero-order chi connectivity index (χ0) is 19.6. The van der Waals surface area contributed by atoms with Gasteiger partial charge >= 0.3 is 0 Å². The number of rotatable bonds is 5. The minimum Gasteiger partial charge on any atom is -0.497 e. The Bertz CT molecular complexity index is 836. The van der Waals surface area contributed by atoms with Gasteiger partial charge in [-0.1, -0.05) is 0 Å². The van der Waals surface area contributed by atoms with Crippen molar-refractivity contribution < 1.29 is 27.6 Å². The first-order valence-electron chi connectivity index (χ1n) is 8.57. The highest BCUT2D eigenvalue weighted by atomic mass is 32.2. The topological polar surface area (TPSA) is 119 Å². The van der Waals surface area contributed by atoms with E-state index in [4.69, 9.17) is 9.47 Å². The molecule has 11 heteroatoms. The summed E-state index contributed by atoms with van der Waals surface area (Å²) in [7, 11) is -2.88. The van der Waals surface area contributed by atoms with E-state index in [-0.39, 0.29) is 18.2 Å². The molecule has 0 saturated carbocycles. The number of carbonyl (C=O) groups is 1. The number of benzene rings is 1. The van der Waals surface area contributed by atoms with Crippen LogP contribution < -0.4 is 4.74 Å². The van der Waals surface area contributed by atoms with Crippen molar-refractivity contribution in [2.24, 2.45) is 0 Å². The minimum atomic E-state index is -4.21. The maximum Gasteiger partial charge on any atom is 0.293 e. The van der Waals surface area contributed by atoms with Gasteiger partial charge in [-0.2, -0.15) is 4.31 Å². The normalized spacial score (nSPS) is 21.2. The number of nitro benzene ring substituents is 1. The Morgan fingerprint density at radius 3 is 2.63 bits per heavy atom. The van der Waals surface area contributed by atoms with E-state index in [1.54, 1.807) is 4.90 Å².